The molecule has 2 aromatic rings. The number of halogens is 1. The third kappa shape index (κ3) is 2.43. The van der Waals surface area contributed by atoms with Crippen LogP contribution in [-0.4, -0.2) is 25.2 Å². The van der Waals surface area contributed by atoms with Gasteiger partial charge in [0, 0.05) is 11.1 Å². The number of benzene rings is 1. The van der Waals surface area contributed by atoms with E-state index in [0.29, 0.717) is 10.0 Å². The van der Waals surface area contributed by atoms with Crippen LogP contribution in [0, 0.1) is 6.92 Å². The van der Waals surface area contributed by atoms with Crippen LogP contribution in [0.15, 0.2) is 40.5 Å². The number of fused-ring (bicyclic) bond motifs is 1. The average Bonchev–Trinajstić information content (AvgIpc) is 2.98. The van der Waals surface area contributed by atoms with Crippen LogP contribution in [0.3, 0.4) is 0 Å². The molecule has 6 heteroatoms. The summed E-state index contributed by atoms with van der Waals surface area (Å²) in [6.45, 7) is 1.86. The van der Waals surface area contributed by atoms with Crippen LogP contribution < -0.4 is 0 Å². The summed E-state index contributed by atoms with van der Waals surface area (Å²) >= 11 is 3.23. The first-order valence-corrected chi connectivity index (χ1v) is 7.66. The van der Waals surface area contributed by atoms with Gasteiger partial charge in [-0.1, -0.05) is 30.1 Å². The lowest BCUT2D eigenvalue weighted by molar-refractivity contribution is -0.111. The number of furan rings is 1. The normalized spacial score (nSPS) is 14.2. The predicted octanol–water partition coefficient (Wildman–Crippen LogP) is 3.28. The molecule has 1 aliphatic carbocycles. The van der Waals surface area contributed by atoms with Crippen molar-refractivity contribution in [3.8, 4) is 0 Å². The molecule has 1 heterocycles. The number of carbonyl (C=O) groups is 3. The maximum absolute atomic E-state index is 12.7. The Morgan fingerprint density at radius 2 is 2.00 bits per heavy atom. The van der Waals surface area contributed by atoms with Crippen molar-refractivity contribution in [3.63, 3.8) is 0 Å². The molecule has 2 radical (unpaired) electrons. The molecular weight excluding hydrogens is 359 g/mol. The van der Waals surface area contributed by atoms with Gasteiger partial charge in [-0.25, -0.2) is 0 Å². The predicted molar refractivity (Wildman–Crippen MR) is 89.1 cm³/mol. The van der Waals surface area contributed by atoms with E-state index in [9.17, 15) is 14.4 Å². The first kappa shape index (κ1) is 15.7. The molecule has 23 heavy (non-hydrogen) atoms. The standard InChI is InChI=1S/C17H10BBrO4/c1-8-3-2-4-9(5-8)14(20)11-7-23-17-12(11)16(22)15(21)10(6-18)13(17)19/h2-5,7H,6H2,1H3. The average molecular weight is 369 g/mol. The summed E-state index contributed by atoms with van der Waals surface area (Å²) in [6.07, 6.45) is 1.12. The minimum absolute atomic E-state index is 0.00872. The van der Waals surface area contributed by atoms with E-state index in [0.717, 1.165) is 5.56 Å². The molecule has 1 aromatic carbocycles. The van der Waals surface area contributed by atoms with Crippen LogP contribution >= 0.6 is 15.9 Å². The first-order chi connectivity index (χ1) is 11.0. The summed E-state index contributed by atoms with van der Waals surface area (Å²) in [7, 11) is 5.51. The zero-order chi connectivity index (χ0) is 16.7. The van der Waals surface area contributed by atoms with Crippen molar-refractivity contribution in [2.24, 2.45) is 0 Å². The molecule has 0 fully saturated rings. The Bertz CT molecular complexity index is 892. The molecule has 0 aliphatic heterocycles. The van der Waals surface area contributed by atoms with Crippen molar-refractivity contribution >= 4 is 45.6 Å². The monoisotopic (exact) mass is 368 g/mol. The highest BCUT2D eigenvalue weighted by atomic mass is 79.9. The molecule has 1 aromatic heterocycles. The number of hydrogen-bond acceptors (Lipinski definition) is 4. The zero-order valence-corrected chi connectivity index (χ0v) is 13.8. The Morgan fingerprint density at radius 3 is 2.65 bits per heavy atom. The van der Waals surface area contributed by atoms with Crippen LogP contribution in [-0.2, 0) is 4.79 Å². The topological polar surface area (TPSA) is 64.3 Å². The summed E-state index contributed by atoms with van der Waals surface area (Å²) in [5.74, 6) is -1.68. The van der Waals surface area contributed by atoms with Gasteiger partial charge in [0.2, 0.25) is 11.6 Å². The Balaban J connectivity index is 2.16. The summed E-state index contributed by atoms with van der Waals surface area (Å²) in [4.78, 5) is 37.1. The van der Waals surface area contributed by atoms with Crippen molar-refractivity contribution in [3.05, 3.63) is 64.1 Å². The smallest absolute Gasteiger partial charge is 0.237 e. The van der Waals surface area contributed by atoms with Crippen molar-refractivity contribution in [1.82, 2.24) is 0 Å². The van der Waals surface area contributed by atoms with Gasteiger partial charge >= 0.3 is 0 Å². The van der Waals surface area contributed by atoms with E-state index in [4.69, 9.17) is 12.3 Å². The van der Waals surface area contributed by atoms with E-state index in [1.807, 2.05) is 13.0 Å². The summed E-state index contributed by atoms with van der Waals surface area (Å²) in [6, 6.07) is 6.99. The molecule has 0 spiro atoms. The van der Waals surface area contributed by atoms with Gasteiger partial charge < -0.3 is 4.42 Å². The molecule has 3 rings (SSSR count). The van der Waals surface area contributed by atoms with Crippen LogP contribution in [0.5, 0.6) is 0 Å². The SMILES string of the molecule is [B]CC1=C(Br)c2occ(C(=O)c3cccc(C)c3)c2C(=O)C1=O. The molecule has 1 aliphatic rings. The van der Waals surface area contributed by atoms with Crippen LogP contribution in [0.1, 0.15) is 37.6 Å². The minimum atomic E-state index is -0.770. The van der Waals surface area contributed by atoms with E-state index in [-0.39, 0.29) is 34.6 Å². The molecule has 112 valence electrons. The summed E-state index contributed by atoms with van der Waals surface area (Å²) in [5, 5.41) is 0. The highest BCUT2D eigenvalue weighted by Gasteiger charge is 2.37. The molecule has 0 saturated heterocycles. The molecule has 0 N–H and O–H groups in total. The quantitative estimate of drug-likeness (QED) is 0.473. The molecule has 0 atom stereocenters. The number of allylic oxidation sites excluding steroid dienone is 1. The van der Waals surface area contributed by atoms with Gasteiger partial charge in [0.15, 0.2) is 11.5 Å². The third-order valence-electron chi connectivity index (χ3n) is 3.69. The number of aryl methyl sites for hydroxylation is 1. The van der Waals surface area contributed by atoms with Gasteiger partial charge in [-0.2, -0.15) is 0 Å². The number of ketones is 3. The summed E-state index contributed by atoms with van der Waals surface area (Å²) in [5.41, 5.74) is 1.56. The molecule has 0 bridgehead atoms. The van der Waals surface area contributed by atoms with Crippen molar-refractivity contribution in [2.45, 2.75) is 13.2 Å². The van der Waals surface area contributed by atoms with Gasteiger partial charge in [0.25, 0.3) is 0 Å². The lowest BCUT2D eigenvalue weighted by Crippen LogP contribution is -2.24. The van der Waals surface area contributed by atoms with E-state index in [1.165, 1.54) is 6.26 Å². The zero-order valence-electron chi connectivity index (χ0n) is 12.2. The minimum Gasteiger partial charge on any atom is -0.462 e. The number of rotatable bonds is 3. The third-order valence-corrected chi connectivity index (χ3v) is 4.53. The lowest BCUT2D eigenvalue weighted by Gasteiger charge is -2.13. The van der Waals surface area contributed by atoms with Crippen LogP contribution in [0.25, 0.3) is 4.48 Å². The number of hydrogen-bond donors (Lipinski definition) is 0. The maximum atomic E-state index is 12.7. The van der Waals surface area contributed by atoms with Gasteiger partial charge in [-0.05, 0) is 28.9 Å². The number of Topliss-reactive ketones (excluding diaryl/α,β-unsaturated/α-hetero) is 2. The lowest BCUT2D eigenvalue weighted by atomic mass is 9.84. The molecule has 0 amide bonds. The van der Waals surface area contributed by atoms with E-state index < -0.39 is 11.6 Å². The van der Waals surface area contributed by atoms with E-state index in [1.54, 1.807) is 18.2 Å². The Kier molecular flexibility index (Phi) is 3.94. The summed E-state index contributed by atoms with van der Waals surface area (Å²) < 4.78 is 5.69. The largest absolute Gasteiger partial charge is 0.462 e. The van der Waals surface area contributed by atoms with E-state index in [2.05, 4.69) is 15.9 Å². The van der Waals surface area contributed by atoms with Crippen LogP contribution in [0.4, 0.5) is 0 Å². The Labute approximate surface area is 142 Å². The van der Waals surface area contributed by atoms with Crippen molar-refractivity contribution in [1.29, 1.82) is 0 Å². The highest BCUT2D eigenvalue weighted by Crippen LogP contribution is 2.38. The Hall–Kier alpha value is -2.21. The second kappa shape index (κ2) is 5.78. The van der Waals surface area contributed by atoms with Crippen molar-refractivity contribution < 1.29 is 18.8 Å². The van der Waals surface area contributed by atoms with Crippen molar-refractivity contribution in [2.75, 3.05) is 0 Å². The van der Waals surface area contributed by atoms with Gasteiger partial charge in [0.05, 0.1) is 23.5 Å². The van der Waals surface area contributed by atoms with E-state index >= 15 is 0 Å². The second-order valence-electron chi connectivity index (χ2n) is 5.21. The fraction of sp³-hybridized carbons (Fsp3) is 0.118. The Morgan fingerprint density at radius 1 is 1.26 bits per heavy atom. The molecular formula is C17H10BBrO4. The molecule has 0 saturated carbocycles. The van der Waals surface area contributed by atoms with Gasteiger partial charge in [-0.15, -0.1) is 0 Å². The van der Waals surface area contributed by atoms with Gasteiger partial charge in [0.1, 0.15) is 6.26 Å². The van der Waals surface area contributed by atoms with Crippen LogP contribution in [0.2, 0.25) is 6.32 Å². The molecule has 4 nitrogen and oxygen atoms in total. The highest BCUT2D eigenvalue weighted by molar-refractivity contribution is 9.15. The molecule has 0 unspecified atom stereocenters. The van der Waals surface area contributed by atoms with Gasteiger partial charge in [-0.3, -0.25) is 14.4 Å². The second-order valence-corrected chi connectivity index (χ2v) is 6.00. The fourth-order valence-corrected chi connectivity index (χ4v) is 3.16. The number of carbonyl (C=O) groups excluding carboxylic acids is 3. The first-order valence-electron chi connectivity index (χ1n) is 6.86. The fourth-order valence-electron chi connectivity index (χ4n) is 2.52. The maximum Gasteiger partial charge on any atom is 0.237 e.